The summed E-state index contributed by atoms with van der Waals surface area (Å²) < 4.78 is 0. The van der Waals surface area contributed by atoms with E-state index in [9.17, 15) is 0 Å². The highest BCUT2D eigenvalue weighted by Gasteiger charge is 1.99. The maximum Gasteiger partial charge on any atom is 0.134 e. The van der Waals surface area contributed by atoms with Gasteiger partial charge in [0.2, 0.25) is 0 Å². The number of hydrogen-bond acceptors (Lipinski definition) is 2. The van der Waals surface area contributed by atoms with Crippen molar-refractivity contribution in [2.45, 2.75) is 26.7 Å². The minimum absolute atomic E-state index is 0. The third-order valence-corrected chi connectivity index (χ3v) is 1.16. The monoisotopic (exact) mass is 143 g/mol. The molecule has 0 atom stereocenters. The lowest BCUT2D eigenvalue weighted by Crippen LogP contribution is -2.03. The summed E-state index contributed by atoms with van der Waals surface area (Å²) in [6.45, 7) is 4.00. The van der Waals surface area contributed by atoms with E-state index < -0.39 is 0 Å². The van der Waals surface area contributed by atoms with E-state index in [1.54, 1.807) is 6.08 Å². The fraction of sp³-hybridized carbons (Fsp3) is 0.500. The van der Waals surface area contributed by atoms with Gasteiger partial charge >= 0.3 is 0 Å². The number of rotatable bonds is 0. The molecule has 0 saturated heterocycles. The molecule has 60 valence electrons. The smallest absolute Gasteiger partial charge is 0.134 e. The van der Waals surface area contributed by atoms with Gasteiger partial charge in [-0.05, 0) is 18.9 Å². The second kappa shape index (κ2) is 4.91. The molecule has 0 heterocycles. The second-order valence-electron chi connectivity index (χ2n) is 1.83. The van der Waals surface area contributed by atoms with E-state index in [1.807, 2.05) is 19.9 Å². The highest BCUT2D eigenvalue weighted by Crippen LogP contribution is 2.10. The molecule has 0 aliphatic heterocycles. The van der Waals surface area contributed by atoms with Crippen LogP contribution in [0.1, 0.15) is 28.1 Å². The van der Waals surface area contributed by atoms with Crippen LogP contribution in [0.3, 0.4) is 0 Å². The topological polar surface area (TPSA) is 46.2 Å². The van der Waals surface area contributed by atoms with Gasteiger partial charge in [-0.3, -0.25) is 0 Å². The molecule has 0 saturated carbocycles. The summed E-state index contributed by atoms with van der Waals surface area (Å²) in [6.07, 6.45) is 5.42. The minimum Gasteiger partial charge on any atom is -0.506 e. The zero-order valence-corrected chi connectivity index (χ0v) is 6.59. The van der Waals surface area contributed by atoms with Crippen LogP contribution in [0.15, 0.2) is 23.6 Å². The lowest BCUT2D eigenvalue weighted by atomic mass is 10.1. The van der Waals surface area contributed by atoms with Gasteiger partial charge in [0.15, 0.2) is 0 Å². The normalized spacial score (nSPS) is 16.2. The van der Waals surface area contributed by atoms with E-state index in [0.717, 1.165) is 12.8 Å². The van der Waals surface area contributed by atoms with Crippen LogP contribution in [0.2, 0.25) is 0 Å². The molecule has 1 aliphatic carbocycles. The van der Waals surface area contributed by atoms with Crippen molar-refractivity contribution in [1.82, 2.24) is 0 Å². The van der Waals surface area contributed by atoms with Crippen LogP contribution in [0.4, 0.5) is 0 Å². The predicted molar refractivity (Wildman–Crippen MR) is 45.7 cm³/mol. The fourth-order valence-electron chi connectivity index (χ4n) is 0.681. The number of hydrogen-bond donors (Lipinski definition) is 2. The summed E-state index contributed by atoms with van der Waals surface area (Å²) >= 11 is 0. The highest BCUT2D eigenvalue weighted by atomic mass is 16.3. The Kier molecular flexibility index (Phi) is 4.46. The number of allylic oxidation sites excluding steroid dienone is 2. The molecule has 0 fully saturated rings. The van der Waals surface area contributed by atoms with E-state index >= 15 is 0 Å². The Hall–Kier alpha value is -0.920. The quantitative estimate of drug-likeness (QED) is 0.546. The first kappa shape index (κ1) is 9.08. The van der Waals surface area contributed by atoms with E-state index in [2.05, 4.69) is 0 Å². The van der Waals surface area contributed by atoms with Crippen molar-refractivity contribution in [3.05, 3.63) is 23.6 Å². The van der Waals surface area contributed by atoms with Crippen LogP contribution in [-0.2, 0) is 0 Å². The van der Waals surface area contributed by atoms with Crippen molar-refractivity contribution < 1.29 is 6.53 Å². The van der Waals surface area contributed by atoms with Crippen molar-refractivity contribution in [3.8, 4) is 0 Å². The summed E-state index contributed by atoms with van der Waals surface area (Å²) in [6, 6.07) is 0. The molecule has 1 aliphatic rings. The number of aliphatic hydroxyl groups excluding tert-OH is 1. The van der Waals surface area contributed by atoms with Crippen LogP contribution >= 0.6 is 0 Å². The second-order valence-corrected chi connectivity index (χ2v) is 1.83. The fourth-order valence-corrected chi connectivity index (χ4v) is 0.681. The Bertz CT molecular complexity index is 134. The average Bonchev–Trinajstić information content (AvgIpc) is 2.00. The van der Waals surface area contributed by atoms with Gasteiger partial charge in [0, 0.05) is 1.43 Å². The molecule has 0 radical (unpaired) electrons. The maximum atomic E-state index is 8.85. The van der Waals surface area contributed by atoms with Crippen molar-refractivity contribution in [1.29, 1.82) is 0 Å². The summed E-state index contributed by atoms with van der Waals surface area (Å²) in [4.78, 5) is 0. The first-order valence-corrected chi connectivity index (χ1v) is 3.66. The Balaban J connectivity index is 0. The molecule has 0 aromatic carbocycles. The first-order valence-electron chi connectivity index (χ1n) is 3.66. The lowest BCUT2D eigenvalue weighted by molar-refractivity contribution is 0.415. The standard InChI is InChI=1S/C6H9NO.C2H6.H2/c7-5-3-1-2-4-6(5)8;1-2;/h3-4,8H,1-2,7H2;1-2H3;1H. The molecule has 2 heteroatoms. The lowest BCUT2D eigenvalue weighted by Gasteiger charge is -2.03. The largest absolute Gasteiger partial charge is 0.506 e. The van der Waals surface area contributed by atoms with Gasteiger partial charge in [-0.15, -0.1) is 0 Å². The number of nitrogens with two attached hydrogens (primary N) is 1. The maximum absolute atomic E-state index is 8.85. The Morgan fingerprint density at radius 3 is 2.20 bits per heavy atom. The summed E-state index contributed by atoms with van der Waals surface area (Å²) in [5.41, 5.74) is 5.83. The molecule has 2 nitrogen and oxygen atoms in total. The first-order chi connectivity index (χ1) is 4.80. The van der Waals surface area contributed by atoms with Gasteiger partial charge in [-0.2, -0.15) is 0 Å². The highest BCUT2D eigenvalue weighted by molar-refractivity contribution is 5.24. The van der Waals surface area contributed by atoms with E-state index in [4.69, 9.17) is 10.8 Å². The minimum atomic E-state index is 0. The molecular formula is C8H17NO. The van der Waals surface area contributed by atoms with Gasteiger partial charge < -0.3 is 10.8 Å². The van der Waals surface area contributed by atoms with Gasteiger partial charge in [-0.1, -0.05) is 19.9 Å². The third kappa shape index (κ3) is 2.58. The van der Waals surface area contributed by atoms with Gasteiger partial charge in [0.25, 0.3) is 0 Å². The van der Waals surface area contributed by atoms with Crippen LogP contribution in [0.25, 0.3) is 0 Å². The van der Waals surface area contributed by atoms with Gasteiger partial charge in [0.1, 0.15) is 5.76 Å². The summed E-state index contributed by atoms with van der Waals surface area (Å²) in [5, 5.41) is 8.85. The predicted octanol–water partition coefficient (Wildman–Crippen LogP) is 2.34. The van der Waals surface area contributed by atoms with Gasteiger partial charge in [-0.25, -0.2) is 0 Å². The summed E-state index contributed by atoms with van der Waals surface area (Å²) in [5.74, 6) is 0.233. The Morgan fingerprint density at radius 2 is 1.90 bits per heavy atom. The van der Waals surface area contributed by atoms with Crippen LogP contribution in [0, 0.1) is 0 Å². The molecule has 0 bridgehead atoms. The zero-order valence-electron chi connectivity index (χ0n) is 6.59. The van der Waals surface area contributed by atoms with Crippen molar-refractivity contribution in [2.75, 3.05) is 0 Å². The van der Waals surface area contributed by atoms with Crippen LogP contribution in [0.5, 0.6) is 0 Å². The zero-order chi connectivity index (χ0) is 7.98. The molecule has 0 spiro atoms. The Labute approximate surface area is 63.5 Å². The summed E-state index contributed by atoms with van der Waals surface area (Å²) in [7, 11) is 0. The van der Waals surface area contributed by atoms with Crippen molar-refractivity contribution in [2.24, 2.45) is 5.73 Å². The molecule has 1 rings (SSSR count). The molecule has 10 heavy (non-hydrogen) atoms. The molecule has 0 unspecified atom stereocenters. The van der Waals surface area contributed by atoms with E-state index in [0.29, 0.717) is 5.70 Å². The molecule has 0 aromatic rings. The van der Waals surface area contributed by atoms with Gasteiger partial charge in [0.05, 0.1) is 5.70 Å². The number of aliphatic hydroxyl groups is 1. The molecule has 3 N–H and O–H groups in total. The molecule has 0 amide bonds. The SMILES string of the molecule is CC.NC1=CCCC=C1O.[HH]. The molecule has 0 aromatic heterocycles. The Morgan fingerprint density at radius 1 is 1.40 bits per heavy atom. The van der Waals surface area contributed by atoms with Crippen molar-refractivity contribution in [3.63, 3.8) is 0 Å². The van der Waals surface area contributed by atoms with E-state index in [-0.39, 0.29) is 7.19 Å². The average molecular weight is 143 g/mol. The van der Waals surface area contributed by atoms with Crippen LogP contribution < -0.4 is 5.73 Å². The van der Waals surface area contributed by atoms with E-state index in [1.165, 1.54) is 0 Å². The van der Waals surface area contributed by atoms with Crippen LogP contribution in [-0.4, -0.2) is 5.11 Å². The molecular weight excluding hydrogens is 126 g/mol. The third-order valence-electron chi connectivity index (χ3n) is 1.16. The van der Waals surface area contributed by atoms with Crippen molar-refractivity contribution >= 4 is 0 Å².